The van der Waals surface area contributed by atoms with E-state index in [2.05, 4.69) is 10.5 Å². The molecule has 168 valence electrons. The maximum Gasteiger partial charge on any atom is 0.260 e. The SMILES string of the molecule is Cc1cc(/C=N\NC(=O)CN(c2ccccc2F)S(C)(=O)=O)c(C)n1-c1ccc(F)cc1. The minimum Gasteiger partial charge on any atom is -0.318 e. The summed E-state index contributed by atoms with van der Waals surface area (Å²) >= 11 is 0. The molecule has 0 bridgehead atoms. The number of aromatic nitrogens is 1. The minimum absolute atomic E-state index is 0.225. The number of carbonyl (C=O) groups is 1. The Hall–Kier alpha value is -3.53. The van der Waals surface area contributed by atoms with E-state index >= 15 is 0 Å². The van der Waals surface area contributed by atoms with Crippen molar-refractivity contribution in [2.24, 2.45) is 5.10 Å². The number of amides is 1. The van der Waals surface area contributed by atoms with Gasteiger partial charge in [-0.05, 0) is 56.3 Å². The molecule has 0 atom stereocenters. The molecule has 0 spiro atoms. The zero-order chi connectivity index (χ0) is 23.5. The molecule has 3 rings (SSSR count). The average molecular weight is 461 g/mol. The van der Waals surface area contributed by atoms with Crippen LogP contribution in [-0.2, 0) is 14.8 Å². The van der Waals surface area contributed by atoms with E-state index < -0.39 is 28.3 Å². The molecular weight excluding hydrogens is 438 g/mol. The van der Waals surface area contributed by atoms with E-state index in [-0.39, 0.29) is 11.5 Å². The number of nitrogens with zero attached hydrogens (tertiary/aromatic N) is 3. The van der Waals surface area contributed by atoms with Gasteiger partial charge in [0.1, 0.15) is 18.2 Å². The Kier molecular flexibility index (Phi) is 6.73. The summed E-state index contributed by atoms with van der Waals surface area (Å²) in [6.45, 7) is 3.10. The van der Waals surface area contributed by atoms with Gasteiger partial charge in [-0.25, -0.2) is 22.6 Å². The molecule has 0 aliphatic carbocycles. The molecule has 32 heavy (non-hydrogen) atoms. The van der Waals surface area contributed by atoms with Crippen LogP contribution in [-0.4, -0.2) is 37.9 Å². The molecule has 0 unspecified atom stereocenters. The van der Waals surface area contributed by atoms with Crippen LogP contribution in [0.3, 0.4) is 0 Å². The van der Waals surface area contributed by atoms with Gasteiger partial charge in [0.15, 0.2) is 0 Å². The van der Waals surface area contributed by atoms with Crippen LogP contribution in [0.5, 0.6) is 0 Å². The smallest absolute Gasteiger partial charge is 0.260 e. The number of halogens is 2. The quantitative estimate of drug-likeness (QED) is 0.434. The predicted molar refractivity (Wildman–Crippen MR) is 120 cm³/mol. The second-order valence-electron chi connectivity index (χ2n) is 7.15. The normalized spacial score (nSPS) is 11.7. The molecule has 0 radical (unpaired) electrons. The van der Waals surface area contributed by atoms with Crippen molar-refractivity contribution in [1.82, 2.24) is 9.99 Å². The molecule has 0 aliphatic heterocycles. The minimum atomic E-state index is -3.90. The molecule has 2 aromatic carbocycles. The third-order valence-corrected chi connectivity index (χ3v) is 5.88. The summed E-state index contributed by atoms with van der Waals surface area (Å²) in [5, 5.41) is 3.90. The third-order valence-electron chi connectivity index (χ3n) is 4.76. The highest BCUT2D eigenvalue weighted by Crippen LogP contribution is 2.21. The van der Waals surface area contributed by atoms with Crippen molar-refractivity contribution in [2.75, 3.05) is 17.1 Å². The molecule has 10 heteroatoms. The van der Waals surface area contributed by atoms with Gasteiger partial charge in [-0.2, -0.15) is 5.10 Å². The fourth-order valence-electron chi connectivity index (χ4n) is 3.28. The highest BCUT2D eigenvalue weighted by Gasteiger charge is 2.23. The van der Waals surface area contributed by atoms with Crippen LogP contribution in [0, 0.1) is 25.5 Å². The van der Waals surface area contributed by atoms with Crippen molar-refractivity contribution in [2.45, 2.75) is 13.8 Å². The summed E-state index contributed by atoms with van der Waals surface area (Å²) in [7, 11) is -3.90. The van der Waals surface area contributed by atoms with Gasteiger partial charge >= 0.3 is 0 Å². The Morgan fingerprint density at radius 2 is 1.78 bits per heavy atom. The first-order chi connectivity index (χ1) is 15.1. The number of hydrogen-bond acceptors (Lipinski definition) is 4. The van der Waals surface area contributed by atoms with E-state index in [1.165, 1.54) is 36.5 Å². The third kappa shape index (κ3) is 5.20. The molecule has 1 aromatic heterocycles. The van der Waals surface area contributed by atoms with E-state index in [0.29, 0.717) is 9.87 Å². The van der Waals surface area contributed by atoms with Gasteiger partial charge in [-0.1, -0.05) is 12.1 Å². The summed E-state index contributed by atoms with van der Waals surface area (Å²) in [6.07, 6.45) is 2.31. The number of para-hydroxylation sites is 1. The molecule has 0 aliphatic rings. The van der Waals surface area contributed by atoms with Crippen molar-refractivity contribution in [3.63, 3.8) is 0 Å². The molecule has 0 saturated heterocycles. The highest BCUT2D eigenvalue weighted by atomic mass is 32.2. The molecule has 0 fully saturated rings. The van der Waals surface area contributed by atoms with Crippen molar-refractivity contribution in [1.29, 1.82) is 0 Å². The molecule has 1 N–H and O–H groups in total. The van der Waals surface area contributed by atoms with Gasteiger partial charge in [-0.15, -0.1) is 0 Å². The Morgan fingerprint density at radius 3 is 2.41 bits per heavy atom. The standard InChI is InChI=1S/C22H22F2N4O3S/c1-15-12-17(16(2)28(15)19-10-8-18(23)9-11-19)13-25-26-22(29)14-27(32(3,30)31)21-7-5-4-6-20(21)24/h4-13H,14H2,1-3H3,(H,26,29)/b25-13-. The number of sulfonamides is 1. The lowest BCUT2D eigenvalue weighted by Crippen LogP contribution is -2.39. The van der Waals surface area contributed by atoms with Gasteiger partial charge in [0.2, 0.25) is 10.0 Å². The number of anilines is 1. The van der Waals surface area contributed by atoms with Crippen molar-refractivity contribution < 1.29 is 22.0 Å². The van der Waals surface area contributed by atoms with Crippen molar-refractivity contribution in [3.05, 3.63) is 83.2 Å². The predicted octanol–water partition coefficient (Wildman–Crippen LogP) is 3.29. The molecule has 7 nitrogen and oxygen atoms in total. The zero-order valence-electron chi connectivity index (χ0n) is 17.7. The fraction of sp³-hybridized carbons (Fsp3) is 0.182. The van der Waals surface area contributed by atoms with E-state index in [9.17, 15) is 22.0 Å². The highest BCUT2D eigenvalue weighted by molar-refractivity contribution is 7.92. The average Bonchev–Trinajstić information content (AvgIpc) is 3.00. The first kappa shape index (κ1) is 23.1. The second kappa shape index (κ2) is 9.31. The van der Waals surface area contributed by atoms with Crippen LogP contribution in [0.1, 0.15) is 17.0 Å². The van der Waals surface area contributed by atoms with Gasteiger partial charge in [0.05, 0.1) is 18.2 Å². The van der Waals surface area contributed by atoms with Gasteiger partial charge < -0.3 is 4.57 Å². The van der Waals surface area contributed by atoms with Crippen molar-refractivity contribution in [3.8, 4) is 5.69 Å². The van der Waals surface area contributed by atoms with Crippen LogP contribution >= 0.6 is 0 Å². The van der Waals surface area contributed by atoms with Crippen LogP contribution in [0.2, 0.25) is 0 Å². The lowest BCUT2D eigenvalue weighted by atomic mass is 10.2. The second-order valence-corrected chi connectivity index (χ2v) is 9.06. The Labute approximate surface area is 185 Å². The number of hydrogen-bond donors (Lipinski definition) is 1. The zero-order valence-corrected chi connectivity index (χ0v) is 18.5. The Morgan fingerprint density at radius 1 is 1.12 bits per heavy atom. The first-order valence-electron chi connectivity index (χ1n) is 9.57. The number of carbonyl (C=O) groups excluding carboxylic acids is 1. The maximum absolute atomic E-state index is 14.0. The largest absolute Gasteiger partial charge is 0.318 e. The van der Waals surface area contributed by atoms with E-state index in [1.54, 1.807) is 12.1 Å². The number of rotatable bonds is 7. The summed E-state index contributed by atoms with van der Waals surface area (Å²) in [4.78, 5) is 12.3. The molecular formula is C22H22F2N4O3S. The van der Waals surface area contributed by atoms with E-state index in [0.717, 1.165) is 29.4 Å². The van der Waals surface area contributed by atoms with Crippen LogP contribution < -0.4 is 9.73 Å². The lowest BCUT2D eigenvalue weighted by molar-refractivity contribution is -0.119. The van der Waals surface area contributed by atoms with Gasteiger partial charge in [-0.3, -0.25) is 9.10 Å². The van der Waals surface area contributed by atoms with Crippen LogP contribution in [0.4, 0.5) is 14.5 Å². The summed E-state index contributed by atoms with van der Waals surface area (Å²) < 4.78 is 54.0. The molecule has 1 amide bonds. The maximum atomic E-state index is 14.0. The Balaban J connectivity index is 1.74. The van der Waals surface area contributed by atoms with E-state index in [1.807, 2.05) is 24.5 Å². The topological polar surface area (TPSA) is 83.8 Å². The number of benzene rings is 2. The summed E-state index contributed by atoms with van der Waals surface area (Å²) in [5.74, 6) is -1.83. The Bertz CT molecular complexity index is 1270. The molecule has 1 heterocycles. The number of nitrogens with one attached hydrogen (secondary N) is 1. The fourth-order valence-corrected chi connectivity index (χ4v) is 4.14. The molecule has 0 saturated carbocycles. The monoisotopic (exact) mass is 460 g/mol. The number of hydrazone groups is 1. The summed E-state index contributed by atoms with van der Waals surface area (Å²) in [6, 6.07) is 13.2. The van der Waals surface area contributed by atoms with Gasteiger partial charge in [0, 0.05) is 22.6 Å². The first-order valence-corrected chi connectivity index (χ1v) is 11.4. The van der Waals surface area contributed by atoms with Gasteiger partial charge in [0.25, 0.3) is 5.91 Å². The van der Waals surface area contributed by atoms with E-state index in [4.69, 9.17) is 0 Å². The van der Waals surface area contributed by atoms with Crippen LogP contribution in [0.15, 0.2) is 59.7 Å². The lowest BCUT2D eigenvalue weighted by Gasteiger charge is -2.21. The molecule has 3 aromatic rings. The summed E-state index contributed by atoms with van der Waals surface area (Å²) in [5.41, 5.74) is 5.23. The van der Waals surface area contributed by atoms with Crippen LogP contribution in [0.25, 0.3) is 5.69 Å². The number of aryl methyl sites for hydroxylation is 1. The van der Waals surface area contributed by atoms with Crippen molar-refractivity contribution >= 4 is 27.8 Å².